The molecule has 1 aliphatic rings. The third kappa shape index (κ3) is 2.54. The number of rotatable bonds is 1. The monoisotopic (exact) mass is 251 g/mol. The number of hydrogen-bond donors (Lipinski definition) is 2. The number of amidine groups is 1. The van der Waals surface area contributed by atoms with Gasteiger partial charge in [0.1, 0.15) is 5.84 Å². The van der Waals surface area contributed by atoms with Gasteiger partial charge in [-0.1, -0.05) is 30.4 Å². The molecule has 0 aliphatic carbocycles. The number of para-hydroxylation sites is 1. The lowest BCUT2D eigenvalue weighted by molar-refractivity contribution is 1.07. The number of thiocarbonyl (C=S) groups is 1. The number of nitrogens with one attached hydrogen (secondary N) is 2. The standard InChI is InChI=1S/C11H13N3S2/c1-7-4-3-5-8(2)10(7)13-9-6-12-11(15)16-14-9/h3-5H,6H2,1-2H3,(H,12,15)(H,13,14). The Morgan fingerprint density at radius 3 is 2.56 bits per heavy atom. The van der Waals surface area contributed by atoms with E-state index in [-0.39, 0.29) is 0 Å². The Morgan fingerprint density at radius 1 is 1.31 bits per heavy atom. The van der Waals surface area contributed by atoms with Crippen LogP contribution in [-0.2, 0) is 0 Å². The van der Waals surface area contributed by atoms with Gasteiger partial charge in [-0.2, -0.15) is 0 Å². The maximum absolute atomic E-state index is 5.01. The second kappa shape index (κ2) is 4.84. The summed E-state index contributed by atoms with van der Waals surface area (Å²) < 4.78 is 3.90. The molecule has 1 fully saturated rings. The first-order valence-corrected chi connectivity index (χ1v) is 6.24. The second-order valence-electron chi connectivity index (χ2n) is 3.64. The van der Waals surface area contributed by atoms with Crippen LogP contribution >= 0.6 is 24.2 Å². The first-order valence-electron chi connectivity index (χ1n) is 5.01. The van der Waals surface area contributed by atoms with Gasteiger partial charge in [0, 0.05) is 11.9 Å². The third-order valence-electron chi connectivity index (χ3n) is 2.35. The average molecular weight is 251 g/mol. The van der Waals surface area contributed by atoms with Crippen molar-refractivity contribution in [3.05, 3.63) is 29.3 Å². The van der Waals surface area contributed by atoms with Crippen LogP contribution in [0.5, 0.6) is 0 Å². The number of hydrogen-bond acceptors (Lipinski definition) is 3. The normalized spacial score (nSPS) is 18.1. The minimum Gasteiger partial charge on any atom is -0.362 e. The predicted octanol–water partition coefficient (Wildman–Crippen LogP) is 2.46. The molecule has 3 nitrogen and oxygen atoms in total. The van der Waals surface area contributed by atoms with E-state index >= 15 is 0 Å². The fraction of sp³-hybridized carbons (Fsp3) is 0.273. The van der Waals surface area contributed by atoms with Crippen molar-refractivity contribution in [3.63, 3.8) is 0 Å². The van der Waals surface area contributed by atoms with Gasteiger partial charge in [-0.15, -0.1) is 0 Å². The molecule has 1 aliphatic heterocycles. The van der Waals surface area contributed by atoms with Crippen LogP contribution in [-0.4, -0.2) is 16.7 Å². The molecule has 0 amide bonds. The maximum atomic E-state index is 5.01. The van der Waals surface area contributed by atoms with Gasteiger partial charge >= 0.3 is 0 Å². The van der Waals surface area contributed by atoms with Crippen molar-refractivity contribution >= 4 is 40.0 Å². The van der Waals surface area contributed by atoms with E-state index in [0.717, 1.165) is 15.8 Å². The fourth-order valence-electron chi connectivity index (χ4n) is 1.51. The quantitative estimate of drug-likeness (QED) is 0.594. The zero-order valence-corrected chi connectivity index (χ0v) is 10.8. The summed E-state index contributed by atoms with van der Waals surface area (Å²) in [5.74, 6) is 0.913. The highest BCUT2D eigenvalue weighted by Crippen LogP contribution is 2.23. The average Bonchev–Trinajstić information content (AvgIpc) is 2.26. The van der Waals surface area contributed by atoms with Crippen LogP contribution in [0.3, 0.4) is 0 Å². The van der Waals surface area contributed by atoms with Gasteiger partial charge in [-0.05, 0) is 25.0 Å². The van der Waals surface area contributed by atoms with Crippen LogP contribution in [0.1, 0.15) is 11.1 Å². The van der Waals surface area contributed by atoms with Gasteiger partial charge in [0.05, 0.1) is 12.2 Å². The molecule has 84 valence electrons. The van der Waals surface area contributed by atoms with Crippen LogP contribution < -0.4 is 10.0 Å². The van der Waals surface area contributed by atoms with Crippen LogP contribution in [0, 0.1) is 13.8 Å². The zero-order chi connectivity index (χ0) is 11.5. The van der Waals surface area contributed by atoms with Gasteiger partial charge in [-0.25, -0.2) is 4.99 Å². The van der Waals surface area contributed by atoms with Crippen LogP contribution in [0.15, 0.2) is 23.2 Å². The Bertz CT molecular complexity index is 422. The summed E-state index contributed by atoms with van der Waals surface area (Å²) in [5.41, 5.74) is 3.42. The maximum Gasteiger partial charge on any atom is 0.154 e. The van der Waals surface area contributed by atoms with E-state index in [0.29, 0.717) is 6.54 Å². The highest BCUT2D eigenvalue weighted by Gasteiger charge is 2.10. The molecule has 1 aromatic rings. The van der Waals surface area contributed by atoms with E-state index in [4.69, 9.17) is 12.2 Å². The van der Waals surface area contributed by atoms with E-state index in [1.54, 1.807) is 0 Å². The molecule has 0 radical (unpaired) electrons. The SMILES string of the molecule is Cc1cccc(C)c1N=C1CNC(=S)SN1. The Hall–Kier alpha value is -1.07. The summed E-state index contributed by atoms with van der Waals surface area (Å²) >= 11 is 6.41. The molecule has 1 heterocycles. The van der Waals surface area contributed by atoms with Gasteiger partial charge in [-0.3, -0.25) is 0 Å². The summed E-state index contributed by atoms with van der Waals surface area (Å²) in [7, 11) is 0. The van der Waals surface area contributed by atoms with E-state index in [1.807, 2.05) is 6.07 Å². The summed E-state index contributed by atoms with van der Waals surface area (Å²) in [5, 5.41) is 3.09. The molecule has 0 unspecified atom stereocenters. The van der Waals surface area contributed by atoms with Crippen LogP contribution in [0.2, 0.25) is 0 Å². The molecular formula is C11H13N3S2. The number of nitrogens with zero attached hydrogens (tertiary/aromatic N) is 1. The van der Waals surface area contributed by atoms with Gasteiger partial charge < -0.3 is 10.0 Å². The predicted molar refractivity (Wildman–Crippen MR) is 74.3 cm³/mol. The Morgan fingerprint density at radius 2 is 2.00 bits per heavy atom. The van der Waals surface area contributed by atoms with E-state index in [1.165, 1.54) is 23.1 Å². The topological polar surface area (TPSA) is 36.4 Å². The molecule has 1 aromatic carbocycles. The van der Waals surface area contributed by atoms with Gasteiger partial charge in [0.2, 0.25) is 0 Å². The molecule has 2 rings (SSSR count). The first-order chi connectivity index (χ1) is 7.66. The number of aryl methyl sites for hydroxylation is 2. The van der Waals surface area contributed by atoms with Crippen molar-refractivity contribution in [2.45, 2.75) is 13.8 Å². The molecule has 1 saturated heterocycles. The largest absolute Gasteiger partial charge is 0.362 e. The second-order valence-corrected chi connectivity index (χ2v) is 5.13. The molecule has 5 heteroatoms. The molecular weight excluding hydrogens is 238 g/mol. The molecule has 0 bridgehead atoms. The zero-order valence-electron chi connectivity index (χ0n) is 9.20. The highest BCUT2D eigenvalue weighted by molar-refractivity contribution is 8.22. The van der Waals surface area contributed by atoms with Crippen molar-refractivity contribution < 1.29 is 0 Å². The molecule has 0 saturated carbocycles. The molecule has 2 N–H and O–H groups in total. The smallest absolute Gasteiger partial charge is 0.154 e. The first kappa shape index (κ1) is 11.4. The van der Waals surface area contributed by atoms with Crippen molar-refractivity contribution in [2.75, 3.05) is 6.54 Å². The third-order valence-corrected chi connectivity index (χ3v) is 3.41. The van der Waals surface area contributed by atoms with Crippen molar-refractivity contribution in [1.29, 1.82) is 0 Å². The van der Waals surface area contributed by atoms with Gasteiger partial charge in [0.15, 0.2) is 4.32 Å². The lowest BCUT2D eigenvalue weighted by Crippen LogP contribution is -2.39. The Labute approximate surface area is 105 Å². The fourth-order valence-corrected chi connectivity index (χ4v) is 2.18. The minimum atomic E-state index is 0.666. The lowest BCUT2D eigenvalue weighted by Gasteiger charge is -2.18. The summed E-state index contributed by atoms with van der Waals surface area (Å²) in [6.45, 7) is 4.81. The van der Waals surface area contributed by atoms with Gasteiger partial charge in [0.25, 0.3) is 0 Å². The van der Waals surface area contributed by atoms with Crippen molar-refractivity contribution in [2.24, 2.45) is 4.99 Å². The summed E-state index contributed by atoms with van der Waals surface area (Å²) in [4.78, 5) is 4.61. The van der Waals surface area contributed by atoms with Crippen molar-refractivity contribution in [3.8, 4) is 0 Å². The molecule has 16 heavy (non-hydrogen) atoms. The van der Waals surface area contributed by atoms with E-state index in [9.17, 15) is 0 Å². The molecule has 0 atom stereocenters. The molecule has 0 aromatic heterocycles. The summed E-state index contributed by atoms with van der Waals surface area (Å²) in [6.07, 6.45) is 0. The Kier molecular flexibility index (Phi) is 3.46. The number of benzene rings is 1. The van der Waals surface area contributed by atoms with Crippen molar-refractivity contribution in [1.82, 2.24) is 10.0 Å². The Balaban J connectivity index is 2.26. The number of aliphatic imine (C=N–C) groups is 1. The summed E-state index contributed by atoms with van der Waals surface area (Å²) in [6, 6.07) is 6.19. The lowest BCUT2D eigenvalue weighted by atomic mass is 10.1. The van der Waals surface area contributed by atoms with Crippen LogP contribution in [0.25, 0.3) is 0 Å². The van der Waals surface area contributed by atoms with Crippen LogP contribution in [0.4, 0.5) is 5.69 Å². The molecule has 0 spiro atoms. The highest BCUT2D eigenvalue weighted by atomic mass is 32.2. The van der Waals surface area contributed by atoms with E-state index in [2.05, 4.69) is 41.0 Å². The minimum absolute atomic E-state index is 0.666. The van der Waals surface area contributed by atoms with E-state index < -0.39 is 0 Å².